The standard InChI is InChI=1S/C12H25NO/c1-5-13(6-2)12(3,4)11(14)10-8-7-9-10/h10-11,14H,5-9H2,1-4H3. The Hall–Kier alpha value is -0.0800. The summed E-state index contributed by atoms with van der Waals surface area (Å²) in [4.78, 5) is 2.36. The minimum atomic E-state index is -0.156. The van der Waals surface area contributed by atoms with E-state index in [2.05, 4.69) is 32.6 Å². The largest absolute Gasteiger partial charge is 0.391 e. The fourth-order valence-electron chi connectivity index (χ4n) is 2.56. The van der Waals surface area contributed by atoms with Gasteiger partial charge in [0.1, 0.15) is 0 Å². The van der Waals surface area contributed by atoms with Crippen LogP contribution in [0.15, 0.2) is 0 Å². The van der Waals surface area contributed by atoms with Crippen molar-refractivity contribution in [2.24, 2.45) is 5.92 Å². The van der Waals surface area contributed by atoms with Gasteiger partial charge in [0.15, 0.2) is 0 Å². The molecule has 0 spiro atoms. The minimum absolute atomic E-state index is 0.0609. The molecule has 84 valence electrons. The van der Waals surface area contributed by atoms with Crippen molar-refractivity contribution in [1.29, 1.82) is 0 Å². The van der Waals surface area contributed by atoms with E-state index < -0.39 is 0 Å². The number of hydrogen-bond acceptors (Lipinski definition) is 2. The Bertz CT molecular complexity index is 171. The molecule has 0 heterocycles. The predicted molar refractivity (Wildman–Crippen MR) is 60.3 cm³/mol. The van der Waals surface area contributed by atoms with E-state index in [1.54, 1.807) is 0 Å². The molecule has 1 aliphatic rings. The van der Waals surface area contributed by atoms with Crippen LogP contribution in [0.2, 0.25) is 0 Å². The van der Waals surface area contributed by atoms with E-state index in [1.807, 2.05) is 0 Å². The summed E-state index contributed by atoms with van der Waals surface area (Å²) in [5.74, 6) is 0.547. The molecule has 14 heavy (non-hydrogen) atoms. The fourth-order valence-corrected chi connectivity index (χ4v) is 2.56. The molecule has 0 bridgehead atoms. The molecule has 0 amide bonds. The Morgan fingerprint density at radius 2 is 1.79 bits per heavy atom. The lowest BCUT2D eigenvalue weighted by Crippen LogP contribution is -2.55. The van der Waals surface area contributed by atoms with E-state index in [9.17, 15) is 5.11 Å². The molecule has 2 heteroatoms. The Morgan fingerprint density at radius 3 is 2.07 bits per heavy atom. The first-order valence-electron chi connectivity index (χ1n) is 5.97. The van der Waals surface area contributed by atoms with Crippen molar-refractivity contribution in [3.05, 3.63) is 0 Å². The lowest BCUT2D eigenvalue weighted by Gasteiger charge is -2.46. The van der Waals surface area contributed by atoms with Crippen molar-refractivity contribution in [2.75, 3.05) is 13.1 Å². The molecular weight excluding hydrogens is 174 g/mol. The third kappa shape index (κ3) is 2.12. The van der Waals surface area contributed by atoms with Gasteiger partial charge in [-0.1, -0.05) is 20.3 Å². The van der Waals surface area contributed by atoms with Gasteiger partial charge in [0.05, 0.1) is 6.10 Å². The van der Waals surface area contributed by atoms with Gasteiger partial charge >= 0.3 is 0 Å². The molecule has 1 aliphatic carbocycles. The van der Waals surface area contributed by atoms with Crippen LogP contribution in [0, 0.1) is 5.92 Å². The summed E-state index contributed by atoms with van der Waals surface area (Å²) in [5.41, 5.74) is -0.0609. The zero-order valence-corrected chi connectivity index (χ0v) is 10.1. The van der Waals surface area contributed by atoms with Crippen LogP contribution in [0.25, 0.3) is 0 Å². The van der Waals surface area contributed by atoms with Crippen LogP contribution in [-0.2, 0) is 0 Å². The highest BCUT2D eigenvalue weighted by atomic mass is 16.3. The van der Waals surface area contributed by atoms with Gasteiger partial charge in [-0.3, -0.25) is 4.90 Å². The van der Waals surface area contributed by atoms with E-state index in [0.29, 0.717) is 5.92 Å². The monoisotopic (exact) mass is 199 g/mol. The summed E-state index contributed by atoms with van der Waals surface area (Å²) in [5, 5.41) is 10.3. The Labute approximate surface area is 88.3 Å². The van der Waals surface area contributed by atoms with Crippen molar-refractivity contribution < 1.29 is 5.11 Å². The highest BCUT2D eigenvalue weighted by Crippen LogP contribution is 2.36. The smallest absolute Gasteiger partial charge is 0.0746 e. The van der Waals surface area contributed by atoms with Gasteiger partial charge in [0, 0.05) is 5.54 Å². The SMILES string of the molecule is CCN(CC)C(C)(C)C(O)C1CCC1. The average Bonchev–Trinajstić information content (AvgIpc) is 2.02. The van der Waals surface area contributed by atoms with Crippen molar-refractivity contribution in [2.45, 2.75) is 58.6 Å². The van der Waals surface area contributed by atoms with Crippen LogP contribution in [0.3, 0.4) is 0 Å². The Morgan fingerprint density at radius 1 is 1.29 bits per heavy atom. The van der Waals surface area contributed by atoms with Gasteiger partial charge in [0.25, 0.3) is 0 Å². The summed E-state index contributed by atoms with van der Waals surface area (Å²) >= 11 is 0. The highest BCUT2D eigenvalue weighted by Gasteiger charge is 2.39. The Kier molecular flexibility index (Phi) is 3.96. The second kappa shape index (κ2) is 4.63. The molecule has 0 aromatic carbocycles. The third-order valence-corrected chi connectivity index (χ3v) is 3.90. The van der Waals surface area contributed by atoms with E-state index in [0.717, 1.165) is 13.1 Å². The van der Waals surface area contributed by atoms with E-state index in [4.69, 9.17) is 0 Å². The molecule has 1 fully saturated rings. The minimum Gasteiger partial charge on any atom is -0.391 e. The molecule has 0 radical (unpaired) electrons. The van der Waals surface area contributed by atoms with Gasteiger partial charge in [-0.2, -0.15) is 0 Å². The van der Waals surface area contributed by atoms with Gasteiger partial charge in [-0.25, -0.2) is 0 Å². The van der Waals surface area contributed by atoms with Gasteiger partial charge in [0.2, 0.25) is 0 Å². The highest BCUT2D eigenvalue weighted by molar-refractivity contribution is 4.94. The summed E-state index contributed by atoms with van der Waals surface area (Å²) in [7, 11) is 0. The number of nitrogens with zero attached hydrogens (tertiary/aromatic N) is 1. The average molecular weight is 199 g/mol. The summed E-state index contributed by atoms with van der Waals surface area (Å²) in [6, 6.07) is 0. The van der Waals surface area contributed by atoms with Crippen LogP contribution in [0.5, 0.6) is 0 Å². The zero-order valence-electron chi connectivity index (χ0n) is 10.1. The molecule has 2 nitrogen and oxygen atoms in total. The molecule has 0 aromatic rings. The molecule has 0 aliphatic heterocycles. The second-order valence-electron chi connectivity index (χ2n) is 4.96. The predicted octanol–water partition coefficient (Wildman–Crippen LogP) is 2.27. The van der Waals surface area contributed by atoms with E-state index in [1.165, 1.54) is 19.3 Å². The first-order valence-corrected chi connectivity index (χ1v) is 5.97. The van der Waals surface area contributed by atoms with Crippen LogP contribution < -0.4 is 0 Å². The number of rotatable bonds is 5. The maximum Gasteiger partial charge on any atom is 0.0746 e. The van der Waals surface area contributed by atoms with Crippen molar-refractivity contribution >= 4 is 0 Å². The molecule has 0 saturated heterocycles. The lowest BCUT2D eigenvalue weighted by atomic mass is 9.74. The second-order valence-corrected chi connectivity index (χ2v) is 4.96. The molecule has 1 N–H and O–H groups in total. The molecular formula is C12H25NO. The van der Waals surface area contributed by atoms with Crippen molar-refractivity contribution in [1.82, 2.24) is 4.90 Å². The molecule has 1 saturated carbocycles. The Balaban J connectivity index is 2.60. The molecule has 1 atom stereocenters. The van der Waals surface area contributed by atoms with Gasteiger partial charge in [-0.15, -0.1) is 0 Å². The normalized spacial score (nSPS) is 21.0. The summed E-state index contributed by atoms with van der Waals surface area (Å²) in [6.07, 6.45) is 3.57. The van der Waals surface area contributed by atoms with Gasteiger partial charge in [-0.05, 0) is 45.7 Å². The van der Waals surface area contributed by atoms with Crippen molar-refractivity contribution in [3.63, 3.8) is 0 Å². The number of hydrogen-bond donors (Lipinski definition) is 1. The summed E-state index contributed by atoms with van der Waals surface area (Å²) < 4.78 is 0. The zero-order chi connectivity index (χ0) is 10.8. The first kappa shape index (κ1) is 12.0. The topological polar surface area (TPSA) is 23.5 Å². The molecule has 1 unspecified atom stereocenters. The summed E-state index contributed by atoms with van der Waals surface area (Å²) in [6.45, 7) is 10.7. The molecule has 0 aromatic heterocycles. The van der Waals surface area contributed by atoms with Crippen molar-refractivity contribution in [3.8, 4) is 0 Å². The maximum absolute atomic E-state index is 10.3. The van der Waals surface area contributed by atoms with E-state index >= 15 is 0 Å². The molecule has 1 rings (SSSR count). The van der Waals surface area contributed by atoms with Gasteiger partial charge < -0.3 is 5.11 Å². The van der Waals surface area contributed by atoms with Crippen LogP contribution >= 0.6 is 0 Å². The number of aliphatic hydroxyl groups excluding tert-OH is 1. The third-order valence-electron chi connectivity index (χ3n) is 3.90. The first-order chi connectivity index (χ1) is 6.54. The lowest BCUT2D eigenvalue weighted by molar-refractivity contribution is -0.0582. The number of aliphatic hydroxyl groups is 1. The van der Waals surface area contributed by atoms with Crippen LogP contribution in [-0.4, -0.2) is 34.7 Å². The number of likely N-dealkylation sites (N-methyl/N-ethyl adjacent to an activating group) is 1. The van der Waals surface area contributed by atoms with Crippen LogP contribution in [0.4, 0.5) is 0 Å². The van der Waals surface area contributed by atoms with E-state index in [-0.39, 0.29) is 11.6 Å². The van der Waals surface area contributed by atoms with Crippen LogP contribution in [0.1, 0.15) is 47.0 Å². The maximum atomic E-state index is 10.3. The fraction of sp³-hybridized carbons (Fsp3) is 1.00. The quantitative estimate of drug-likeness (QED) is 0.734.